The summed E-state index contributed by atoms with van der Waals surface area (Å²) in [6.07, 6.45) is 1.46. The van der Waals surface area contributed by atoms with E-state index in [-0.39, 0.29) is 23.9 Å². The average Bonchev–Trinajstić information content (AvgIpc) is 3.13. The van der Waals surface area contributed by atoms with Crippen LogP contribution < -0.4 is 5.32 Å². The molecule has 1 aliphatic heterocycles. The zero-order valence-electron chi connectivity index (χ0n) is 13.1. The van der Waals surface area contributed by atoms with Crippen molar-refractivity contribution in [1.29, 1.82) is 0 Å². The Morgan fingerprint density at radius 3 is 2.96 bits per heavy atom. The van der Waals surface area contributed by atoms with E-state index in [1.165, 1.54) is 18.2 Å². The van der Waals surface area contributed by atoms with Gasteiger partial charge in [-0.25, -0.2) is 9.37 Å². The Balaban J connectivity index is 1.54. The lowest BCUT2D eigenvalue weighted by molar-refractivity contribution is 0.0392. The molecule has 1 aliphatic rings. The molecule has 7 heteroatoms. The van der Waals surface area contributed by atoms with Crippen molar-refractivity contribution in [2.45, 2.75) is 38.9 Å². The van der Waals surface area contributed by atoms with Crippen LogP contribution in [0, 0.1) is 19.7 Å². The van der Waals surface area contributed by atoms with Gasteiger partial charge in [0, 0.05) is 12.1 Å². The zero-order chi connectivity index (χ0) is 16.4. The molecule has 1 fully saturated rings. The van der Waals surface area contributed by atoms with Crippen molar-refractivity contribution in [2.75, 3.05) is 6.54 Å². The number of aryl methyl sites for hydroxylation is 2. The lowest BCUT2D eigenvalue weighted by atomic mass is 10.1. The summed E-state index contributed by atoms with van der Waals surface area (Å²) < 4.78 is 19.0. The van der Waals surface area contributed by atoms with Gasteiger partial charge >= 0.3 is 0 Å². The van der Waals surface area contributed by atoms with Crippen molar-refractivity contribution in [3.8, 4) is 0 Å². The number of hydrogen-bond acceptors (Lipinski definition) is 4. The number of hydrogen-bond donors (Lipinski definition) is 2. The summed E-state index contributed by atoms with van der Waals surface area (Å²) in [6, 6.07) is 4.13. The summed E-state index contributed by atoms with van der Waals surface area (Å²) in [7, 11) is 0. The maximum absolute atomic E-state index is 13.1. The standard InChI is InChI=1S/C16H19FN4O2/c1-9-7-11(17)3-5-13(9)16(22)18-8-12-4-6-14(23-12)15-19-10(2)20-21-15/h3,5,7,12,14H,4,6,8H2,1-2H3,(H,18,22)(H,19,20,21)/t12-,14+/m1/s1. The SMILES string of the molecule is Cc1nc([C@@H]2CC[C@H](CNC(=O)c3ccc(F)cc3C)O2)n[nH]1. The second-order valence-corrected chi connectivity index (χ2v) is 5.77. The summed E-state index contributed by atoms with van der Waals surface area (Å²) in [5.41, 5.74) is 1.09. The number of aromatic amines is 1. The second-order valence-electron chi connectivity index (χ2n) is 5.77. The molecule has 2 N–H and O–H groups in total. The Kier molecular flexibility index (Phi) is 4.38. The highest BCUT2D eigenvalue weighted by Gasteiger charge is 2.29. The van der Waals surface area contributed by atoms with Gasteiger partial charge in [-0.1, -0.05) is 0 Å². The maximum atomic E-state index is 13.1. The summed E-state index contributed by atoms with van der Waals surface area (Å²) in [5.74, 6) is 0.851. The molecule has 6 nitrogen and oxygen atoms in total. The number of carbonyl (C=O) groups excluding carboxylic acids is 1. The van der Waals surface area contributed by atoms with Gasteiger partial charge in [-0.2, -0.15) is 5.10 Å². The highest BCUT2D eigenvalue weighted by Crippen LogP contribution is 2.30. The molecule has 0 unspecified atom stereocenters. The normalized spacial score (nSPS) is 20.7. The highest BCUT2D eigenvalue weighted by atomic mass is 19.1. The third-order valence-corrected chi connectivity index (χ3v) is 3.93. The lowest BCUT2D eigenvalue weighted by Crippen LogP contribution is -2.32. The zero-order valence-corrected chi connectivity index (χ0v) is 13.1. The molecule has 0 radical (unpaired) electrons. The molecule has 3 rings (SSSR count). The summed E-state index contributed by atoms with van der Waals surface area (Å²) in [6.45, 7) is 3.97. The largest absolute Gasteiger partial charge is 0.365 e. The van der Waals surface area contributed by atoms with Crippen molar-refractivity contribution in [1.82, 2.24) is 20.5 Å². The van der Waals surface area contributed by atoms with Crippen molar-refractivity contribution in [2.24, 2.45) is 0 Å². The first-order valence-corrected chi connectivity index (χ1v) is 7.61. The third-order valence-electron chi connectivity index (χ3n) is 3.93. The van der Waals surface area contributed by atoms with Crippen LogP contribution in [0.3, 0.4) is 0 Å². The number of nitrogens with one attached hydrogen (secondary N) is 2. The molecular weight excluding hydrogens is 299 g/mol. The van der Waals surface area contributed by atoms with Crippen LogP contribution in [0.1, 0.15) is 46.5 Å². The first-order chi connectivity index (χ1) is 11.0. The third kappa shape index (κ3) is 3.56. The van der Waals surface area contributed by atoms with Gasteiger partial charge in [0.25, 0.3) is 5.91 Å². The Labute approximate surface area is 133 Å². The van der Waals surface area contributed by atoms with E-state index in [1.807, 2.05) is 6.92 Å². The Morgan fingerprint density at radius 2 is 2.26 bits per heavy atom. The van der Waals surface area contributed by atoms with Crippen LogP contribution in [0.15, 0.2) is 18.2 Å². The lowest BCUT2D eigenvalue weighted by Gasteiger charge is -2.13. The average molecular weight is 318 g/mol. The predicted octanol–water partition coefficient (Wildman–Crippen LogP) is 2.21. The van der Waals surface area contributed by atoms with E-state index in [4.69, 9.17) is 4.74 Å². The van der Waals surface area contributed by atoms with Crippen molar-refractivity contribution in [3.05, 3.63) is 46.8 Å². The van der Waals surface area contributed by atoms with Gasteiger partial charge in [0.15, 0.2) is 5.82 Å². The molecule has 1 amide bonds. The number of H-pyrrole nitrogens is 1. The fourth-order valence-electron chi connectivity index (χ4n) is 2.73. The fraction of sp³-hybridized carbons (Fsp3) is 0.438. The number of ether oxygens (including phenoxy) is 1. The molecule has 0 bridgehead atoms. The number of halogens is 1. The van der Waals surface area contributed by atoms with Gasteiger partial charge in [0.1, 0.15) is 17.7 Å². The van der Waals surface area contributed by atoms with Crippen LogP contribution in [0.4, 0.5) is 4.39 Å². The first kappa shape index (κ1) is 15.6. The molecular formula is C16H19FN4O2. The van der Waals surface area contributed by atoms with Crippen LogP contribution in [-0.2, 0) is 4.74 Å². The number of benzene rings is 1. The topological polar surface area (TPSA) is 79.9 Å². The van der Waals surface area contributed by atoms with Crippen LogP contribution >= 0.6 is 0 Å². The van der Waals surface area contributed by atoms with E-state index in [1.54, 1.807) is 6.92 Å². The number of amides is 1. The molecule has 23 heavy (non-hydrogen) atoms. The Hall–Kier alpha value is -2.28. The van der Waals surface area contributed by atoms with Gasteiger partial charge in [-0.15, -0.1) is 0 Å². The van der Waals surface area contributed by atoms with E-state index in [0.29, 0.717) is 23.5 Å². The van der Waals surface area contributed by atoms with Crippen LogP contribution in [0.5, 0.6) is 0 Å². The molecule has 122 valence electrons. The molecule has 1 aromatic heterocycles. The molecule has 2 atom stereocenters. The maximum Gasteiger partial charge on any atom is 0.251 e. The van der Waals surface area contributed by atoms with E-state index in [0.717, 1.165) is 18.7 Å². The van der Waals surface area contributed by atoms with E-state index >= 15 is 0 Å². The van der Waals surface area contributed by atoms with Gasteiger partial charge in [-0.05, 0) is 50.5 Å². The minimum Gasteiger partial charge on any atom is -0.365 e. The second kappa shape index (κ2) is 6.45. The number of nitrogens with zero attached hydrogens (tertiary/aromatic N) is 2. The van der Waals surface area contributed by atoms with Crippen molar-refractivity contribution in [3.63, 3.8) is 0 Å². The minimum atomic E-state index is -0.345. The minimum absolute atomic E-state index is 0.0662. The molecule has 0 aliphatic carbocycles. The number of rotatable bonds is 4. The van der Waals surface area contributed by atoms with Crippen molar-refractivity contribution < 1.29 is 13.9 Å². The molecule has 1 saturated heterocycles. The van der Waals surface area contributed by atoms with Gasteiger partial charge in [-0.3, -0.25) is 9.89 Å². The number of aromatic nitrogens is 3. The van der Waals surface area contributed by atoms with E-state index in [2.05, 4.69) is 20.5 Å². The van der Waals surface area contributed by atoms with Gasteiger partial charge in [0.2, 0.25) is 0 Å². The quantitative estimate of drug-likeness (QED) is 0.906. The predicted molar refractivity (Wildman–Crippen MR) is 81.4 cm³/mol. The summed E-state index contributed by atoms with van der Waals surface area (Å²) in [5, 5.41) is 9.76. The van der Waals surface area contributed by atoms with Crippen LogP contribution in [-0.4, -0.2) is 33.7 Å². The number of carbonyl (C=O) groups is 1. The van der Waals surface area contributed by atoms with Gasteiger partial charge in [0.05, 0.1) is 6.10 Å². The monoisotopic (exact) mass is 318 g/mol. The van der Waals surface area contributed by atoms with Crippen LogP contribution in [0.25, 0.3) is 0 Å². The Morgan fingerprint density at radius 1 is 1.43 bits per heavy atom. The Bertz CT molecular complexity index is 716. The van der Waals surface area contributed by atoms with Gasteiger partial charge < -0.3 is 10.1 Å². The van der Waals surface area contributed by atoms with E-state index in [9.17, 15) is 9.18 Å². The molecule has 2 heterocycles. The first-order valence-electron chi connectivity index (χ1n) is 7.61. The van der Waals surface area contributed by atoms with Crippen LogP contribution in [0.2, 0.25) is 0 Å². The highest BCUT2D eigenvalue weighted by molar-refractivity contribution is 5.95. The summed E-state index contributed by atoms with van der Waals surface area (Å²) in [4.78, 5) is 16.4. The fourth-order valence-corrected chi connectivity index (χ4v) is 2.73. The molecule has 0 spiro atoms. The van der Waals surface area contributed by atoms with Crippen molar-refractivity contribution >= 4 is 5.91 Å². The smallest absolute Gasteiger partial charge is 0.251 e. The summed E-state index contributed by atoms with van der Waals surface area (Å²) >= 11 is 0. The molecule has 2 aromatic rings. The van der Waals surface area contributed by atoms with E-state index < -0.39 is 0 Å². The molecule has 0 saturated carbocycles. The molecule has 1 aromatic carbocycles.